The molecule has 3 heterocycles. The van der Waals surface area contributed by atoms with Crippen molar-refractivity contribution < 1.29 is 17.6 Å². The van der Waals surface area contributed by atoms with Crippen molar-refractivity contribution in [1.29, 1.82) is 0 Å². The molecule has 1 aliphatic carbocycles. The number of rotatable bonds is 8. The molecule has 1 saturated carbocycles. The lowest BCUT2D eigenvalue weighted by Crippen LogP contribution is -2.47. The predicted molar refractivity (Wildman–Crippen MR) is 176 cm³/mol. The summed E-state index contributed by atoms with van der Waals surface area (Å²) in [6.45, 7) is 3.20. The standard InChI is InChI=1S/C36H42FN5O3S/c1-24-39-32-9-5-6-10-33(32)42(24)30-22-28-12-13-29(23-30)41(28)20-19-36(26-7-3-2-4-8-26)17-15-27(16-18-36)40-35(43)25-11-14-31(37)34(21-25)46(38,44)45/h2-11,14,21,27-30H,12-13,15-20,22-23H2,1H3,(H,40,43)(H2,38,44,45). The minimum atomic E-state index is -4.28. The highest BCUT2D eigenvalue weighted by Crippen LogP contribution is 2.46. The number of fused-ring (bicyclic) bond motifs is 3. The molecule has 8 nitrogen and oxygen atoms in total. The molecule has 0 spiro atoms. The second-order valence-corrected chi connectivity index (χ2v) is 15.1. The van der Waals surface area contributed by atoms with Gasteiger partial charge < -0.3 is 9.88 Å². The van der Waals surface area contributed by atoms with E-state index in [1.54, 1.807) is 0 Å². The van der Waals surface area contributed by atoms with Crippen LogP contribution in [0.25, 0.3) is 11.0 Å². The first-order valence-electron chi connectivity index (χ1n) is 16.5. The summed E-state index contributed by atoms with van der Waals surface area (Å²) < 4.78 is 40.1. The summed E-state index contributed by atoms with van der Waals surface area (Å²) in [5.41, 5.74) is 3.79. The monoisotopic (exact) mass is 643 g/mol. The van der Waals surface area contributed by atoms with Crippen molar-refractivity contribution in [2.45, 2.75) is 99.2 Å². The number of sulfonamides is 1. The molecule has 7 rings (SSSR count). The number of hydrogen-bond donors (Lipinski definition) is 2. The van der Waals surface area contributed by atoms with Crippen LogP contribution in [0.1, 0.15) is 85.6 Å². The van der Waals surface area contributed by atoms with Crippen LogP contribution in [0.2, 0.25) is 0 Å². The van der Waals surface area contributed by atoms with Crippen LogP contribution in [0, 0.1) is 12.7 Å². The number of amides is 1. The molecule has 2 saturated heterocycles. The van der Waals surface area contributed by atoms with Crippen molar-refractivity contribution in [3.8, 4) is 0 Å². The van der Waals surface area contributed by atoms with Gasteiger partial charge >= 0.3 is 0 Å². The number of nitrogens with two attached hydrogens (primary N) is 1. The Morgan fingerprint density at radius 2 is 1.63 bits per heavy atom. The van der Waals surface area contributed by atoms with E-state index in [2.05, 4.69) is 76.3 Å². The van der Waals surface area contributed by atoms with Crippen LogP contribution in [0.5, 0.6) is 0 Å². The van der Waals surface area contributed by atoms with Crippen molar-refractivity contribution in [2.75, 3.05) is 6.54 Å². The van der Waals surface area contributed by atoms with Crippen LogP contribution in [0.3, 0.4) is 0 Å². The molecule has 1 amide bonds. The first-order valence-corrected chi connectivity index (χ1v) is 18.0. The van der Waals surface area contributed by atoms with Gasteiger partial charge in [-0.25, -0.2) is 22.9 Å². The molecule has 2 aliphatic heterocycles. The Bertz CT molecular complexity index is 1840. The van der Waals surface area contributed by atoms with Crippen LogP contribution < -0.4 is 10.5 Å². The summed E-state index contributed by atoms with van der Waals surface area (Å²) in [5.74, 6) is -0.273. The van der Waals surface area contributed by atoms with Crippen molar-refractivity contribution in [3.63, 3.8) is 0 Å². The highest BCUT2D eigenvalue weighted by Gasteiger charge is 2.44. The molecule has 10 heteroatoms. The average Bonchev–Trinajstić information content (AvgIpc) is 3.51. The number of imidazole rings is 1. The molecule has 3 aromatic carbocycles. The van der Waals surface area contributed by atoms with E-state index in [1.807, 2.05) is 0 Å². The molecule has 46 heavy (non-hydrogen) atoms. The summed E-state index contributed by atoms with van der Waals surface area (Å²) >= 11 is 0. The molecular weight excluding hydrogens is 601 g/mol. The van der Waals surface area contributed by atoms with Gasteiger partial charge in [-0.15, -0.1) is 0 Å². The van der Waals surface area contributed by atoms with Gasteiger partial charge in [0.05, 0.1) is 11.0 Å². The van der Waals surface area contributed by atoms with Gasteiger partial charge in [-0.2, -0.15) is 0 Å². The number of primary sulfonamides is 1. The Morgan fingerprint density at radius 3 is 2.33 bits per heavy atom. The summed E-state index contributed by atoms with van der Waals surface area (Å²) in [6, 6.07) is 24.2. The largest absolute Gasteiger partial charge is 0.349 e. The van der Waals surface area contributed by atoms with E-state index in [9.17, 15) is 17.6 Å². The number of nitrogens with zero attached hydrogens (tertiary/aromatic N) is 3. The van der Waals surface area contributed by atoms with Crippen LogP contribution >= 0.6 is 0 Å². The molecular formula is C36H42FN5O3S. The van der Waals surface area contributed by atoms with Crippen molar-refractivity contribution in [1.82, 2.24) is 19.8 Å². The van der Waals surface area contributed by atoms with E-state index in [-0.39, 0.29) is 17.0 Å². The van der Waals surface area contributed by atoms with E-state index < -0.39 is 26.6 Å². The quantitative estimate of drug-likeness (QED) is 0.245. The van der Waals surface area contributed by atoms with E-state index in [0.29, 0.717) is 18.1 Å². The third-order valence-corrected chi connectivity index (χ3v) is 11.9. The van der Waals surface area contributed by atoms with Gasteiger partial charge in [0.2, 0.25) is 10.0 Å². The number of aromatic nitrogens is 2. The normalized spacial score (nSPS) is 26.8. The number of benzene rings is 3. The Kier molecular flexibility index (Phi) is 8.23. The third-order valence-electron chi connectivity index (χ3n) is 11.0. The number of piperidine rings is 1. The Balaban J connectivity index is 1.03. The zero-order valence-electron chi connectivity index (χ0n) is 26.2. The zero-order valence-corrected chi connectivity index (χ0v) is 27.1. The van der Waals surface area contributed by atoms with Gasteiger partial charge in [0.25, 0.3) is 5.91 Å². The molecule has 242 valence electrons. The molecule has 3 N–H and O–H groups in total. The van der Waals surface area contributed by atoms with Crippen LogP contribution in [-0.4, -0.2) is 53.4 Å². The zero-order chi connectivity index (χ0) is 32.1. The second-order valence-electron chi connectivity index (χ2n) is 13.6. The Hall–Kier alpha value is -3.60. The second kappa shape index (κ2) is 12.2. The van der Waals surface area contributed by atoms with Crippen LogP contribution in [0.4, 0.5) is 4.39 Å². The van der Waals surface area contributed by atoms with E-state index in [4.69, 9.17) is 10.1 Å². The number of nitrogens with one attached hydrogen (secondary N) is 1. The predicted octanol–water partition coefficient (Wildman–Crippen LogP) is 6.00. The maximum Gasteiger partial charge on any atom is 0.251 e. The van der Waals surface area contributed by atoms with Crippen molar-refractivity contribution >= 4 is 27.0 Å². The minimum Gasteiger partial charge on any atom is -0.349 e. The van der Waals surface area contributed by atoms with Gasteiger partial charge in [0, 0.05) is 29.7 Å². The molecule has 3 fully saturated rings. The Labute approximate surface area is 270 Å². The summed E-state index contributed by atoms with van der Waals surface area (Å²) in [6.07, 6.45) is 9.38. The average molecular weight is 644 g/mol. The lowest BCUT2D eigenvalue weighted by atomic mass is 9.66. The summed E-state index contributed by atoms with van der Waals surface area (Å²) in [5, 5.41) is 8.22. The van der Waals surface area contributed by atoms with Crippen LogP contribution in [-0.2, 0) is 15.4 Å². The van der Waals surface area contributed by atoms with Crippen molar-refractivity contribution in [3.05, 3.63) is 95.6 Å². The minimum absolute atomic E-state index is 0.0204. The first kappa shape index (κ1) is 31.0. The van der Waals surface area contributed by atoms with Gasteiger partial charge in [-0.1, -0.05) is 42.5 Å². The van der Waals surface area contributed by atoms with E-state index in [1.165, 1.54) is 30.0 Å². The summed E-state index contributed by atoms with van der Waals surface area (Å²) in [7, 11) is -4.28. The number of carbonyl (C=O) groups is 1. The third kappa shape index (κ3) is 5.87. The van der Waals surface area contributed by atoms with Gasteiger partial charge in [-0.3, -0.25) is 9.69 Å². The molecule has 4 aromatic rings. The lowest BCUT2D eigenvalue weighted by molar-refractivity contribution is 0.0851. The fraction of sp³-hybridized carbons (Fsp3) is 0.444. The van der Waals surface area contributed by atoms with Gasteiger partial charge in [0.1, 0.15) is 16.5 Å². The molecule has 2 unspecified atom stereocenters. The molecule has 1 aromatic heterocycles. The van der Waals surface area contributed by atoms with Gasteiger partial charge in [0.15, 0.2) is 0 Å². The highest BCUT2D eigenvalue weighted by molar-refractivity contribution is 7.89. The maximum atomic E-state index is 14.1. The fourth-order valence-corrected chi connectivity index (χ4v) is 9.34. The van der Waals surface area contributed by atoms with Crippen molar-refractivity contribution in [2.24, 2.45) is 5.14 Å². The number of para-hydroxylation sites is 2. The maximum absolute atomic E-state index is 14.1. The topological polar surface area (TPSA) is 110 Å². The molecule has 0 radical (unpaired) electrons. The number of hydrogen-bond acceptors (Lipinski definition) is 5. The van der Waals surface area contributed by atoms with E-state index >= 15 is 0 Å². The SMILES string of the molecule is Cc1nc2ccccc2n1C1CC2CCC(C1)N2CCC1(c2ccccc2)CCC(NC(=O)c2ccc(F)c(S(N)(=O)=O)c2)CC1. The number of carbonyl (C=O) groups excluding carboxylic acids is 1. The smallest absolute Gasteiger partial charge is 0.251 e. The molecule has 2 atom stereocenters. The first-order chi connectivity index (χ1) is 22.1. The molecule has 2 bridgehead atoms. The fourth-order valence-electron chi connectivity index (χ4n) is 8.71. The lowest BCUT2D eigenvalue weighted by Gasteiger charge is -2.45. The highest BCUT2D eigenvalue weighted by atomic mass is 32.2. The number of halogens is 1. The molecule has 3 aliphatic rings. The van der Waals surface area contributed by atoms with Gasteiger partial charge in [-0.05, 0) is 113 Å². The van der Waals surface area contributed by atoms with E-state index in [0.717, 1.165) is 75.0 Å². The Morgan fingerprint density at radius 1 is 0.957 bits per heavy atom. The number of aryl methyl sites for hydroxylation is 1. The van der Waals surface area contributed by atoms with Crippen LogP contribution in [0.15, 0.2) is 77.7 Å². The summed E-state index contributed by atoms with van der Waals surface area (Å²) in [4.78, 5) is 20.0.